The number of furan rings is 1. The zero-order chi connectivity index (χ0) is 20.2. The molecule has 1 unspecified atom stereocenters. The fraction of sp³-hybridized carbons (Fsp3) is 0.381. The summed E-state index contributed by atoms with van der Waals surface area (Å²) in [5.41, 5.74) is 1.95. The summed E-state index contributed by atoms with van der Waals surface area (Å²) in [5, 5.41) is 3.19. The Hall–Kier alpha value is -2.74. The van der Waals surface area contributed by atoms with Crippen LogP contribution in [0.2, 0.25) is 0 Å². The molecule has 1 fully saturated rings. The number of nitrogens with zero attached hydrogens (tertiary/aromatic N) is 2. The predicted octanol–water partition coefficient (Wildman–Crippen LogP) is 3.37. The normalized spacial score (nSPS) is 16.1. The Balaban J connectivity index is 1.21. The van der Waals surface area contributed by atoms with Gasteiger partial charge in [0.1, 0.15) is 5.82 Å². The topological polar surface area (TPSA) is 91.2 Å². The third-order valence-corrected chi connectivity index (χ3v) is 6.29. The van der Waals surface area contributed by atoms with Gasteiger partial charge in [-0.3, -0.25) is 9.59 Å². The number of aromatic amines is 1. The van der Waals surface area contributed by atoms with Gasteiger partial charge in [-0.2, -0.15) is 0 Å². The lowest BCUT2D eigenvalue weighted by atomic mass is 10.0. The quantitative estimate of drug-likeness (QED) is 0.648. The Labute approximate surface area is 173 Å². The molecule has 2 amide bonds. The molecule has 2 aromatic heterocycles. The molecule has 3 aromatic rings. The second-order valence-electron chi connectivity index (χ2n) is 7.20. The summed E-state index contributed by atoms with van der Waals surface area (Å²) in [6.45, 7) is 3.29. The minimum atomic E-state index is -0.0880. The van der Waals surface area contributed by atoms with Gasteiger partial charge in [-0.1, -0.05) is 12.1 Å². The van der Waals surface area contributed by atoms with Gasteiger partial charge in [-0.15, -0.1) is 11.8 Å². The first-order valence-corrected chi connectivity index (χ1v) is 10.8. The van der Waals surface area contributed by atoms with E-state index in [1.54, 1.807) is 28.8 Å². The molecule has 0 aliphatic carbocycles. The van der Waals surface area contributed by atoms with Gasteiger partial charge < -0.3 is 19.6 Å². The van der Waals surface area contributed by atoms with Crippen LogP contribution < -0.4 is 5.32 Å². The van der Waals surface area contributed by atoms with Crippen LogP contribution in [0.4, 0.5) is 0 Å². The first-order valence-electron chi connectivity index (χ1n) is 9.78. The van der Waals surface area contributed by atoms with Crippen LogP contribution in [-0.2, 0) is 4.79 Å². The highest BCUT2D eigenvalue weighted by Crippen LogP contribution is 2.27. The number of likely N-dealkylation sites (tertiary alicyclic amines) is 1. The first kappa shape index (κ1) is 19.6. The number of carbonyl (C=O) groups excluding carboxylic acids is 2. The fourth-order valence-electron chi connectivity index (χ4n) is 3.50. The molecule has 1 aliphatic rings. The summed E-state index contributed by atoms with van der Waals surface area (Å²) in [7, 11) is 0. The number of hydrogen-bond acceptors (Lipinski definition) is 5. The maximum atomic E-state index is 12.4. The Morgan fingerprint density at radius 1 is 1.28 bits per heavy atom. The van der Waals surface area contributed by atoms with E-state index in [2.05, 4.69) is 15.3 Å². The van der Waals surface area contributed by atoms with Gasteiger partial charge in [0.05, 0.1) is 28.3 Å². The van der Waals surface area contributed by atoms with E-state index in [0.717, 1.165) is 29.7 Å². The van der Waals surface area contributed by atoms with Crippen molar-refractivity contribution in [2.24, 2.45) is 0 Å². The minimum absolute atomic E-state index is 0.0220. The molecule has 29 heavy (non-hydrogen) atoms. The molecule has 0 radical (unpaired) electrons. The average Bonchev–Trinajstić information content (AvgIpc) is 3.42. The second-order valence-corrected chi connectivity index (χ2v) is 8.53. The molecule has 152 valence electrons. The van der Waals surface area contributed by atoms with Crippen molar-refractivity contribution in [2.75, 3.05) is 18.8 Å². The zero-order valence-corrected chi connectivity index (χ0v) is 17.1. The number of fused-ring (bicyclic) bond motifs is 1. The second kappa shape index (κ2) is 8.73. The van der Waals surface area contributed by atoms with E-state index in [1.165, 1.54) is 6.26 Å². The molecular formula is C21H24N4O3S. The van der Waals surface area contributed by atoms with Crippen molar-refractivity contribution in [3.8, 4) is 0 Å². The number of H-pyrrole nitrogens is 1. The molecule has 0 saturated carbocycles. The number of hydrogen-bond donors (Lipinski definition) is 2. The van der Waals surface area contributed by atoms with Crippen molar-refractivity contribution in [1.82, 2.24) is 20.2 Å². The highest BCUT2D eigenvalue weighted by Gasteiger charge is 2.26. The fourth-order valence-corrected chi connectivity index (χ4v) is 4.25. The van der Waals surface area contributed by atoms with Gasteiger partial charge in [0.2, 0.25) is 5.91 Å². The molecule has 0 spiro atoms. The van der Waals surface area contributed by atoms with E-state index < -0.39 is 0 Å². The molecule has 3 heterocycles. The smallest absolute Gasteiger partial charge is 0.289 e. The summed E-state index contributed by atoms with van der Waals surface area (Å²) in [5.74, 6) is 1.56. The van der Waals surface area contributed by atoms with Crippen molar-refractivity contribution < 1.29 is 14.0 Å². The summed E-state index contributed by atoms with van der Waals surface area (Å²) in [4.78, 5) is 34.4. The summed E-state index contributed by atoms with van der Waals surface area (Å²) in [6.07, 6.45) is 3.01. The van der Waals surface area contributed by atoms with Gasteiger partial charge in [-0.05, 0) is 44.0 Å². The van der Waals surface area contributed by atoms with E-state index in [0.29, 0.717) is 24.6 Å². The number of aromatic nitrogens is 2. The first-order chi connectivity index (χ1) is 14.1. The molecule has 2 N–H and O–H groups in total. The average molecular weight is 413 g/mol. The molecule has 1 atom stereocenters. The van der Waals surface area contributed by atoms with Crippen molar-refractivity contribution >= 4 is 34.6 Å². The number of benzene rings is 1. The number of carbonyl (C=O) groups is 2. The van der Waals surface area contributed by atoms with Crippen molar-refractivity contribution in [2.45, 2.75) is 31.1 Å². The molecular weight excluding hydrogens is 388 g/mol. The molecule has 1 saturated heterocycles. The van der Waals surface area contributed by atoms with Crippen LogP contribution in [0, 0.1) is 0 Å². The largest absolute Gasteiger partial charge is 0.459 e. The number of rotatable bonds is 6. The SMILES string of the molecule is CC(SCC(=O)NC1CCN(C(=O)c2ccco2)CC1)c1nc2ccccc2[nH]1. The van der Waals surface area contributed by atoms with Crippen LogP contribution >= 0.6 is 11.8 Å². The third-order valence-electron chi connectivity index (χ3n) is 5.14. The number of thioether (sulfide) groups is 1. The Morgan fingerprint density at radius 3 is 2.79 bits per heavy atom. The highest BCUT2D eigenvalue weighted by molar-refractivity contribution is 8.00. The summed E-state index contributed by atoms with van der Waals surface area (Å²) in [6, 6.07) is 11.4. The lowest BCUT2D eigenvalue weighted by Gasteiger charge is -2.31. The van der Waals surface area contributed by atoms with Crippen molar-refractivity contribution in [1.29, 1.82) is 0 Å². The Bertz CT molecular complexity index is 944. The number of piperidine rings is 1. The van der Waals surface area contributed by atoms with E-state index in [9.17, 15) is 9.59 Å². The van der Waals surface area contributed by atoms with Gasteiger partial charge in [0, 0.05) is 19.1 Å². The molecule has 1 aromatic carbocycles. The monoisotopic (exact) mass is 412 g/mol. The predicted molar refractivity (Wildman–Crippen MR) is 113 cm³/mol. The van der Waals surface area contributed by atoms with Crippen LogP contribution in [0.3, 0.4) is 0 Å². The van der Waals surface area contributed by atoms with E-state index in [-0.39, 0.29) is 23.1 Å². The van der Waals surface area contributed by atoms with Gasteiger partial charge >= 0.3 is 0 Å². The maximum Gasteiger partial charge on any atom is 0.289 e. The number of amides is 2. The molecule has 1 aliphatic heterocycles. The molecule has 0 bridgehead atoms. The summed E-state index contributed by atoms with van der Waals surface area (Å²) >= 11 is 1.56. The van der Waals surface area contributed by atoms with Crippen molar-refractivity contribution in [3.05, 3.63) is 54.2 Å². The number of para-hydroxylation sites is 2. The minimum Gasteiger partial charge on any atom is -0.459 e. The molecule has 8 heteroatoms. The summed E-state index contributed by atoms with van der Waals surface area (Å²) < 4.78 is 5.18. The Morgan fingerprint density at radius 2 is 2.07 bits per heavy atom. The van der Waals surface area contributed by atoms with Crippen LogP contribution in [-0.4, -0.2) is 51.6 Å². The lowest BCUT2D eigenvalue weighted by molar-refractivity contribution is -0.119. The highest BCUT2D eigenvalue weighted by atomic mass is 32.2. The van der Waals surface area contributed by atoms with Crippen LogP contribution in [0.1, 0.15) is 41.4 Å². The van der Waals surface area contributed by atoms with E-state index in [4.69, 9.17) is 4.42 Å². The molecule has 4 rings (SSSR count). The Kier molecular flexibility index (Phi) is 5.89. The van der Waals surface area contributed by atoms with Gasteiger partial charge in [-0.25, -0.2) is 4.98 Å². The zero-order valence-electron chi connectivity index (χ0n) is 16.3. The van der Waals surface area contributed by atoms with Gasteiger partial charge in [0.25, 0.3) is 5.91 Å². The van der Waals surface area contributed by atoms with Crippen LogP contribution in [0.25, 0.3) is 11.0 Å². The van der Waals surface area contributed by atoms with Crippen LogP contribution in [0.5, 0.6) is 0 Å². The third kappa shape index (κ3) is 4.64. The van der Waals surface area contributed by atoms with Crippen LogP contribution in [0.15, 0.2) is 47.1 Å². The van der Waals surface area contributed by atoms with Crippen molar-refractivity contribution in [3.63, 3.8) is 0 Å². The molecule has 7 nitrogen and oxygen atoms in total. The van der Waals surface area contributed by atoms with E-state index >= 15 is 0 Å². The maximum absolute atomic E-state index is 12.4. The lowest BCUT2D eigenvalue weighted by Crippen LogP contribution is -2.46. The van der Waals surface area contributed by atoms with E-state index in [1.807, 2.05) is 31.2 Å². The standard InChI is InChI=1S/C21H24N4O3S/c1-14(20-23-16-5-2-3-6-17(16)24-20)29-13-19(26)22-15-8-10-25(11-9-15)21(27)18-7-4-12-28-18/h2-7,12,14-15H,8-11,13H2,1H3,(H,22,26)(H,23,24). The number of imidazole rings is 1. The number of nitrogens with one attached hydrogen (secondary N) is 2. The van der Waals surface area contributed by atoms with Gasteiger partial charge in [0.15, 0.2) is 5.76 Å².